The second-order valence-electron chi connectivity index (χ2n) is 2.35. The standard InChI is InChI=1S/C8H6BrN3O/c9-5-8(13)6-1-3-7(4-2-6)11-12-10/h1-4H,5H2/p+1. The van der Waals surface area contributed by atoms with E-state index in [2.05, 4.69) is 26.4 Å². The number of alkyl halides is 1. The lowest BCUT2D eigenvalue weighted by atomic mass is 10.1. The number of carbonyl (C=O) groups excluding carboxylic acids is 1. The number of benzene rings is 1. The highest BCUT2D eigenvalue weighted by Gasteiger charge is 2.04. The van der Waals surface area contributed by atoms with Crippen LogP contribution in [0.1, 0.15) is 10.4 Å². The van der Waals surface area contributed by atoms with Gasteiger partial charge in [-0.05, 0) is 29.7 Å². The van der Waals surface area contributed by atoms with Crippen molar-refractivity contribution in [2.24, 2.45) is 0 Å². The van der Waals surface area contributed by atoms with Gasteiger partial charge in [0.15, 0.2) is 5.78 Å². The molecule has 0 heterocycles. The third-order valence-corrected chi connectivity index (χ3v) is 2.02. The minimum atomic E-state index is 0.0208. The molecule has 0 saturated heterocycles. The molecule has 0 radical (unpaired) electrons. The van der Waals surface area contributed by atoms with Gasteiger partial charge in [0.1, 0.15) is 5.69 Å². The Labute approximate surface area is 83.7 Å². The number of diazo groups is 1. The van der Waals surface area contributed by atoms with Gasteiger partial charge in [-0.25, -0.2) is 0 Å². The number of nitrogens with zero attached hydrogens (tertiary/aromatic N) is 2. The van der Waals surface area contributed by atoms with E-state index in [0.29, 0.717) is 16.6 Å². The predicted molar refractivity (Wildman–Crippen MR) is 53.3 cm³/mol. The quantitative estimate of drug-likeness (QED) is 0.382. The number of rotatable bonds is 3. The molecule has 13 heavy (non-hydrogen) atoms. The van der Waals surface area contributed by atoms with Crippen LogP contribution in [0.3, 0.4) is 0 Å². The van der Waals surface area contributed by atoms with Crippen molar-refractivity contribution in [3.05, 3.63) is 34.9 Å². The molecule has 0 aromatic heterocycles. The summed E-state index contributed by atoms with van der Waals surface area (Å²) in [5.41, 5.74) is 3.61. The van der Waals surface area contributed by atoms with E-state index in [4.69, 9.17) is 5.39 Å². The molecular weight excluding hydrogens is 234 g/mol. The summed E-state index contributed by atoms with van der Waals surface area (Å²) in [6.07, 6.45) is 0. The van der Waals surface area contributed by atoms with Gasteiger partial charge in [0.25, 0.3) is 5.39 Å². The topological polar surface area (TPSA) is 57.2 Å². The number of carbonyl (C=O) groups is 1. The Morgan fingerprint density at radius 1 is 1.46 bits per heavy atom. The maximum atomic E-state index is 11.1. The second-order valence-corrected chi connectivity index (χ2v) is 2.91. The molecule has 0 atom stereocenters. The first-order valence-corrected chi connectivity index (χ1v) is 4.69. The van der Waals surface area contributed by atoms with Gasteiger partial charge in [0.05, 0.1) is 5.33 Å². The van der Waals surface area contributed by atoms with E-state index in [-0.39, 0.29) is 5.78 Å². The Morgan fingerprint density at radius 2 is 2.08 bits per heavy atom. The lowest BCUT2D eigenvalue weighted by Gasteiger charge is -1.95. The summed E-state index contributed by atoms with van der Waals surface area (Å²) in [5, 5.41) is 11.2. The molecule has 1 rings (SSSR count). The molecule has 0 bridgehead atoms. The lowest BCUT2D eigenvalue weighted by molar-refractivity contribution is 0.102. The zero-order valence-corrected chi connectivity index (χ0v) is 8.28. The van der Waals surface area contributed by atoms with Gasteiger partial charge in [-0.2, -0.15) is 0 Å². The van der Waals surface area contributed by atoms with Crippen LogP contribution in [0.25, 0.3) is 5.08 Å². The van der Waals surface area contributed by atoms with Crippen LogP contribution in [-0.2, 0) is 0 Å². The van der Waals surface area contributed by atoms with Crippen LogP contribution in [-0.4, -0.2) is 11.1 Å². The number of Topliss-reactive ketones (excluding diaryl/α,β-unsaturated/α-hetero) is 1. The monoisotopic (exact) mass is 240 g/mol. The minimum absolute atomic E-state index is 0.0208. The molecule has 0 aliphatic rings. The second kappa shape index (κ2) is 4.58. The average Bonchev–Trinajstić information content (AvgIpc) is 2.18. The van der Waals surface area contributed by atoms with Crippen LogP contribution in [0.5, 0.6) is 0 Å². The zero-order chi connectivity index (χ0) is 9.68. The van der Waals surface area contributed by atoms with E-state index in [9.17, 15) is 4.79 Å². The van der Waals surface area contributed by atoms with Crippen LogP contribution >= 0.6 is 15.9 Å². The molecule has 0 saturated carbocycles. The maximum absolute atomic E-state index is 11.1. The fraction of sp³-hybridized carbons (Fsp3) is 0.125. The first-order chi connectivity index (χ1) is 6.27. The van der Waals surface area contributed by atoms with Crippen molar-refractivity contribution in [3.8, 4) is 0 Å². The van der Waals surface area contributed by atoms with Crippen molar-refractivity contribution >= 4 is 27.4 Å². The number of hydrogen-bond acceptors (Lipinski definition) is 3. The molecule has 0 aliphatic heterocycles. The summed E-state index contributed by atoms with van der Waals surface area (Å²) in [5.74, 6) is 0.0208. The minimum Gasteiger partial charge on any atom is -0.293 e. The van der Waals surface area contributed by atoms with E-state index in [0.717, 1.165) is 0 Å². The normalized spacial score (nSPS) is 8.92. The predicted octanol–water partition coefficient (Wildman–Crippen LogP) is 2.44. The average molecular weight is 241 g/mol. The Morgan fingerprint density at radius 3 is 2.54 bits per heavy atom. The molecule has 1 aromatic carbocycles. The van der Waals surface area contributed by atoms with E-state index in [1.54, 1.807) is 24.3 Å². The van der Waals surface area contributed by atoms with Crippen molar-refractivity contribution in [1.29, 1.82) is 5.39 Å². The van der Waals surface area contributed by atoms with Gasteiger partial charge in [-0.3, -0.25) is 4.79 Å². The molecule has 0 unspecified atom stereocenters. The Bertz CT molecular complexity index is 341. The number of halogens is 1. The van der Waals surface area contributed by atoms with Crippen LogP contribution in [0.4, 0.5) is 5.69 Å². The Hall–Kier alpha value is -1.41. The maximum Gasteiger partial charge on any atom is 0.308 e. The highest BCUT2D eigenvalue weighted by Crippen LogP contribution is 2.10. The van der Waals surface area contributed by atoms with Gasteiger partial charge >= 0.3 is 5.08 Å². The van der Waals surface area contributed by atoms with Gasteiger partial charge < -0.3 is 0 Å². The fourth-order valence-electron chi connectivity index (χ4n) is 0.866. The highest BCUT2D eigenvalue weighted by molar-refractivity contribution is 9.09. The van der Waals surface area contributed by atoms with Gasteiger partial charge in [-0.1, -0.05) is 15.9 Å². The van der Waals surface area contributed by atoms with E-state index < -0.39 is 0 Å². The van der Waals surface area contributed by atoms with Gasteiger partial charge in [0.2, 0.25) is 0 Å². The van der Waals surface area contributed by atoms with Crippen LogP contribution in [0.2, 0.25) is 0 Å². The van der Waals surface area contributed by atoms with Crippen LogP contribution in [0, 0.1) is 5.39 Å². The molecule has 66 valence electrons. The summed E-state index contributed by atoms with van der Waals surface area (Å²) in [7, 11) is 0. The molecule has 0 fully saturated rings. The van der Waals surface area contributed by atoms with Crippen molar-refractivity contribution in [3.63, 3.8) is 0 Å². The van der Waals surface area contributed by atoms with Crippen molar-refractivity contribution in [2.45, 2.75) is 0 Å². The van der Waals surface area contributed by atoms with Crippen molar-refractivity contribution in [1.82, 2.24) is 0 Å². The molecule has 0 amide bonds. The molecule has 1 N–H and O–H groups in total. The number of hydrogen-bond donors (Lipinski definition) is 1. The van der Waals surface area contributed by atoms with E-state index in [1.165, 1.54) is 0 Å². The smallest absolute Gasteiger partial charge is 0.293 e. The van der Waals surface area contributed by atoms with Crippen LogP contribution < -0.4 is 5.43 Å². The number of nitrogens with one attached hydrogen (secondary N) is 1. The zero-order valence-electron chi connectivity index (χ0n) is 6.70. The summed E-state index contributed by atoms with van der Waals surface area (Å²) in [6.45, 7) is 0. The Balaban J connectivity index is 2.82. The largest absolute Gasteiger partial charge is 0.308 e. The summed E-state index contributed by atoms with van der Waals surface area (Å²) in [6, 6.07) is 6.65. The van der Waals surface area contributed by atoms with Crippen molar-refractivity contribution in [2.75, 3.05) is 10.8 Å². The molecule has 1 aromatic rings. The molecule has 4 nitrogen and oxygen atoms in total. The number of ketones is 1. The van der Waals surface area contributed by atoms with Gasteiger partial charge in [0, 0.05) is 5.56 Å². The summed E-state index contributed by atoms with van der Waals surface area (Å²) >= 11 is 3.08. The highest BCUT2D eigenvalue weighted by atomic mass is 79.9. The van der Waals surface area contributed by atoms with Crippen molar-refractivity contribution < 1.29 is 4.79 Å². The van der Waals surface area contributed by atoms with Gasteiger partial charge in [-0.15, -0.1) is 0 Å². The Kier molecular flexibility index (Phi) is 3.41. The first kappa shape index (κ1) is 9.68. The molecular formula is C8H7BrN3O+. The van der Waals surface area contributed by atoms with Crippen LogP contribution in [0.15, 0.2) is 24.3 Å². The lowest BCUT2D eigenvalue weighted by Crippen LogP contribution is -1.99. The fourth-order valence-corrected chi connectivity index (χ4v) is 1.19. The molecule has 0 aliphatic carbocycles. The van der Waals surface area contributed by atoms with E-state index in [1.807, 2.05) is 0 Å². The molecule has 5 heteroatoms. The third kappa shape index (κ3) is 2.53. The SMILES string of the molecule is N#[N+]Nc1ccc(C(=O)CBr)cc1. The summed E-state index contributed by atoms with van der Waals surface area (Å²) < 4.78 is 0. The first-order valence-electron chi connectivity index (χ1n) is 3.57. The third-order valence-electron chi connectivity index (χ3n) is 1.51. The van der Waals surface area contributed by atoms with E-state index >= 15 is 0 Å². The molecule has 0 spiro atoms. The number of anilines is 1. The summed E-state index contributed by atoms with van der Waals surface area (Å²) in [4.78, 5) is 11.1.